The van der Waals surface area contributed by atoms with Crippen LogP contribution in [0.1, 0.15) is 25.0 Å². The van der Waals surface area contributed by atoms with Gasteiger partial charge in [-0.05, 0) is 31.4 Å². The molecule has 124 valence electrons. The molecule has 1 aromatic carbocycles. The smallest absolute Gasteiger partial charge is 0.248 e. The highest BCUT2D eigenvalue weighted by molar-refractivity contribution is 5.92. The van der Waals surface area contributed by atoms with Gasteiger partial charge in [-0.15, -0.1) is 0 Å². The first-order valence-electron chi connectivity index (χ1n) is 8.00. The van der Waals surface area contributed by atoms with E-state index in [1.54, 1.807) is 20.1 Å². The summed E-state index contributed by atoms with van der Waals surface area (Å²) >= 11 is 0. The molecule has 1 aliphatic rings. The van der Waals surface area contributed by atoms with Gasteiger partial charge in [0.25, 0.3) is 0 Å². The number of rotatable bonds is 6. The summed E-state index contributed by atoms with van der Waals surface area (Å²) < 4.78 is 0. The second-order valence-electron chi connectivity index (χ2n) is 5.84. The minimum atomic E-state index is -0.577. The number of benzene rings is 1. The van der Waals surface area contributed by atoms with Crippen LogP contribution in [0.4, 0.5) is 0 Å². The Morgan fingerprint density at radius 2 is 2.17 bits per heavy atom. The Labute approximate surface area is 137 Å². The zero-order valence-electron chi connectivity index (χ0n) is 13.8. The maximum atomic E-state index is 11.8. The van der Waals surface area contributed by atoms with Crippen LogP contribution in [0.25, 0.3) is 0 Å². The van der Waals surface area contributed by atoms with Crippen molar-refractivity contribution in [3.8, 4) is 0 Å². The minimum Gasteiger partial charge on any atom is -0.390 e. The van der Waals surface area contributed by atoms with Gasteiger partial charge in [-0.2, -0.15) is 0 Å². The van der Waals surface area contributed by atoms with E-state index in [0.717, 1.165) is 19.5 Å². The van der Waals surface area contributed by atoms with Gasteiger partial charge in [0.2, 0.25) is 5.91 Å². The van der Waals surface area contributed by atoms with Crippen LogP contribution < -0.4 is 5.32 Å². The minimum absolute atomic E-state index is 0.196. The topological polar surface area (TPSA) is 64.9 Å². The molecule has 0 saturated carbocycles. The fourth-order valence-corrected chi connectivity index (χ4v) is 2.67. The first-order chi connectivity index (χ1) is 11.1. The zero-order chi connectivity index (χ0) is 16.7. The molecule has 2 rings (SSSR count). The number of aliphatic hydroxyl groups excluding tert-OH is 1. The van der Waals surface area contributed by atoms with Crippen LogP contribution in [0.2, 0.25) is 0 Å². The predicted molar refractivity (Wildman–Crippen MR) is 92.4 cm³/mol. The molecule has 23 heavy (non-hydrogen) atoms. The van der Waals surface area contributed by atoms with Crippen molar-refractivity contribution in [3.05, 3.63) is 47.2 Å². The van der Waals surface area contributed by atoms with Gasteiger partial charge in [0.15, 0.2) is 0 Å². The van der Waals surface area contributed by atoms with E-state index in [-0.39, 0.29) is 12.5 Å². The summed E-state index contributed by atoms with van der Waals surface area (Å²) in [7, 11) is 0. The van der Waals surface area contributed by atoms with Crippen molar-refractivity contribution < 1.29 is 9.90 Å². The van der Waals surface area contributed by atoms with E-state index < -0.39 is 6.10 Å². The molecule has 0 aromatic heterocycles. The summed E-state index contributed by atoms with van der Waals surface area (Å²) in [6, 6.07) is 8.42. The van der Waals surface area contributed by atoms with Crippen molar-refractivity contribution in [2.45, 2.75) is 32.9 Å². The molecule has 0 fully saturated rings. The van der Waals surface area contributed by atoms with Crippen LogP contribution in [0.5, 0.6) is 0 Å². The Kier molecular flexibility index (Phi) is 6.50. The third-order valence-corrected chi connectivity index (χ3v) is 3.95. The highest BCUT2D eigenvalue weighted by Crippen LogP contribution is 2.18. The molecule has 1 unspecified atom stereocenters. The van der Waals surface area contributed by atoms with Crippen LogP contribution in [0.3, 0.4) is 0 Å². The lowest BCUT2D eigenvalue weighted by molar-refractivity contribution is -0.118. The van der Waals surface area contributed by atoms with Crippen LogP contribution in [-0.2, 0) is 17.8 Å². The summed E-state index contributed by atoms with van der Waals surface area (Å²) in [5.41, 5.74) is 3.25. The maximum absolute atomic E-state index is 11.8. The molecule has 1 aromatic rings. The van der Waals surface area contributed by atoms with Crippen LogP contribution >= 0.6 is 0 Å². The highest BCUT2D eigenvalue weighted by Gasteiger charge is 2.18. The quantitative estimate of drug-likeness (QED) is 0.618. The van der Waals surface area contributed by atoms with Gasteiger partial charge in [-0.1, -0.05) is 24.3 Å². The Balaban J connectivity index is 1.77. The fourth-order valence-electron chi connectivity index (χ4n) is 2.67. The van der Waals surface area contributed by atoms with E-state index in [1.165, 1.54) is 17.3 Å². The SMILES string of the molecule is C/C=N\C=C(/C)C(=O)NCC(O)CN1CCc2ccccc2C1. The van der Waals surface area contributed by atoms with Crippen LogP contribution in [0, 0.1) is 0 Å². The van der Waals surface area contributed by atoms with E-state index >= 15 is 0 Å². The number of hydrogen-bond acceptors (Lipinski definition) is 4. The molecule has 5 nitrogen and oxygen atoms in total. The normalized spacial score (nSPS) is 17.1. The zero-order valence-corrected chi connectivity index (χ0v) is 13.8. The number of β-amino-alcohol motifs (C(OH)–C–C–N with tert-alkyl or cyclic N) is 1. The molecule has 0 radical (unpaired) electrons. The van der Waals surface area contributed by atoms with Gasteiger partial charge in [0.1, 0.15) is 0 Å². The lowest BCUT2D eigenvalue weighted by atomic mass is 10.00. The molecule has 0 bridgehead atoms. The Morgan fingerprint density at radius 3 is 2.91 bits per heavy atom. The Hall–Kier alpha value is -1.98. The number of amides is 1. The van der Waals surface area contributed by atoms with Crippen molar-refractivity contribution in [2.24, 2.45) is 4.99 Å². The molecule has 0 saturated heterocycles. The Bertz CT molecular complexity index is 596. The standard InChI is InChI=1S/C18H25N3O2/c1-3-19-10-14(2)18(23)20-11-17(22)13-21-9-8-15-6-4-5-7-16(15)12-21/h3-7,10,17,22H,8-9,11-13H2,1-2H3,(H,20,23)/b14-10+,19-3-. The summed E-state index contributed by atoms with van der Waals surface area (Å²) in [6.45, 7) is 6.10. The third-order valence-electron chi connectivity index (χ3n) is 3.95. The van der Waals surface area contributed by atoms with E-state index in [0.29, 0.717) is 12.1 Å². The van der Waals surface area contributed by atoms with E-state index in [9.17, 15) is 9.90 Å². The number of aliphatic imine (C=N–C) groups is 1. The Morgan fingerprint density at radius 1 is 1.43 bits per heavy atom. The number of nitrogens with zero attached hydrogens (tertiary/aromatic N) is 2. The number of carbonyl (C=O) groups excluding carboxylic acids is 1. The molecule has 1 atom stereocenters. The number of hydrogen-bond donors (Lipinski definition) is 2. The molecule has 1 aliphatic heterocycles. The predicted octanol–water partition coefficient (Wildman–Crippen LogP) is 1.52. The van der Waals surface area contributed by atoms with Crippen LogP contribution in [-0.4, -0.2) is 47.9 Å². The largest absolute Gasteiger partial charge is 0.390 e. The molecule has 5 heteroatoms. The maximum Gasteiger partial charge on any atom is 0.248 e. The second-order valence-corrected chi connectivity index (χ2v) is 5.84. The summed E-state index contributed by atoms with van der Waals surface area (Å²) in [5.74, 6) is -0.196. The summed E-state index contributed by atoms with van der Waals surface area (Å²) in [6.07, 6.45) is 3.57. The van der Waals surface area contributed by atoms with Crippen LogP contribution in [0.15, 0.2) is 41.0 Å². The summed E-state index contributed by atoms with van der Waals surface area (Å²) in [5, 5.41) is 12.9. The monoisotopic (exact) mass is 315 g/mol. The molecule has 1 heterocycles. The second kappa shape index (κ2) is 8.60. The first-order valence-corrected chi connectivity index (χ1v) is 8.00. The lowest BCUT2D eigenvalue weighted by Gasteiger charge is -2.30. The molecule has 2 N–H and O–H groups in total. The van der Waals surface area contributed by atoms with Gasteiger partial charge in [-0.25, -0.2) is 0 Å². The first kappa shape index (κ1) is 17.4. The molecular formula is C18H25N3O2. The van der Waals surface area contributed by atoms with Crippen molar-refractivity contribution in [1.82, 2.24) is 10.2 Å². The molecule has 1 amide bonds. The van der Waals surface area contributed by atoms with Crippen molar-refractivity contribution in [3.63, 3.8) is 0 Å². The fraction of sp³-hybridized carbons (Fsp3) is 0.444. The van der Waals surface area contributed by atoms with Crippen molar-refractivity contribution in [1.29, 1.82) is 0 Å². The van der Waals surface area contributed by atoms with E-state index in [1.807, 2.05) is 6.07 Å². The van der Waals surface area contributed by atoms with Gasteiger partial charge in [0.05, 0.1) is 6.10 Å². The molecule has 0 spiro atoms. The van der Waals surface area contributed by atoms with E-state index in [4.69, 9.17) is 0 Å². The number of carbonyl (C=O) groups is 1. The van der Waals surface area contributed by atoms with Crippen molar-refractivity contribution in [2.75, 3.05) is 19.6 Å². The summed E-state index contributed by atoms with van der Waals surface area (Å²) in [4.78, 5) is 18.0. The number of fused-ring (bicyclic) bond motifs is 1. The number of aliphatic hydroxyl groups is 1. The third kappa shape index (κ3) is 5.30. The average molecular weight is 315 g/mol. The van der Waals surface area contributed by atoms with Gasteiger partial charge in [-0.3, -0.25) is 14.7 Å². The highest BCUT2D eigenvalue weighted by atomic mass is 16.3. The average Bonchev–Trinajstić information content (AvgIpc) is 2.57. The van der Waals surface area contributed by atoms with Gasteiger partial charge in [0, 0.05) is 44.2 Å². The lowest BCUT2D eigenvalue weighted by Crippen LogP contribution is -2.42. The molecule has 0 aliphatic carbocycles. The van der Waals surface area contributed by atoms with Crippen molar-refractivity contribution >= 4 is 12.1 Å². The van der Waals surface area contributed by atoms with E-state index in [2.05, 4.69) is 33.4 Å². The van der Waals surface area contributed by atoms with Gasteiger partial charge >= 0.3 is 0 Å². The van der Waals surface area contributed by atoms with Gasteiger partial charge < -0.3 is 10.4 Å². The molecular weight excluding hydrogens is 290 g/mol. The number of nitrogens with one attached hydrogen (secondary N) is 1.